The number of methoxy groups -OCH3 is 1. The molecular formula is C36H47ClN3O5+. The van der Waals surface area contributed by atoms with Crippen molar-refractivity contribution < 1.29 is 28.7 Å². The van der Waals surface area contributed by atoms with Crippen LogP contribution in [0.3, 0.4) is 0 Å². The molecule has 1 aromatic heterocycles. The fourth-order valence-electron chi connectivity index (χ4n) is 6.27. The van der Waals surface area contributed by atoms with Gasteiger partial charge in [-0.25, -0.2) is 4.48 Å². The standard InChI is InChI=1S/C36H46ClN3O5/c1-21(2)40(6,35(43)45-36(3,4)5)20-22-8-13-26(14-9-22)39-32-27-16-24(25-17-29(37)34(42)31(18-25)44-7)12-15-30(27)38-19-28(32)33(41)23-10-11-23/h12,15-19,21-23,26H,8-11,13-14,20H2,1-7H3,(H-,38,39,41,42)/p+1. The molecule has 9 heteroatoms. The minimum atomic E-state index is -0.531. The Bertz CT molecular complexity index is 1590. The summed E-state index contributed by atoms with van der Waals surface area (Å²) >= 11 is 6.32. The molecular weight excluding hydrogens is 590 g/mol. The number of fused-ring (bicyclic) bond motifs is 1. The molecule has 242 valence electrons. The molecule has 3 aromatic rings. The van der Waals surface area contributed by atoms with E-state index in [0.29, 0.717) is 17.2 Å². The van der Waals surface area contributed by atoms with Gasteiger partial charge in [-0.3, -0.25) is 9.78 Å². The van der Waals surface area contributed by atoms with E-state index in [4.69, 9.17) is 21.1 Å². The number of aromatic nitrogens is 1. The van der Waals surface area contributed by atoms with Crippen molar-refractivity contribution in [3.05, 3.63) is 47.1 Å². The van der Waals surface area contributed by atoms with Gasteiger partial charge in [0, 0.05) is 29.5 Å². The lowest BCUT2D eigenvalue weighted by atomic mass is 9.84. The first kappa shape index (κ1) is 33.0. The Kier molecular flexibility index (Phi) is 9.39. The van der Waals surface area contributed by atoms with Crippen LogP contribution in [-0.4, -0.2) is 64.8 Å². The van der Waals surface area contributed by atoms with E-state index in [1.807, 2.05) is 46.0 Å². The highest BCUT2D eigenvalue weighted by molar-refractivity contribution is 6.32. The molecule has 2 fully saturated rings. The molecule has 5 rings (SSSR count). The van der Waals surface area contributed by atoms with Crippen LogP contribution in [0.4, 0.5) is 10.5 Å². The van der Waals surface area contributed by atoms with Crippen LogP contribution in [0.5, 0.6) is 11.5 Å². The van der Waals surface area contributed by atoms with Gasteiger partial charge in [-0.05, 0) is 109 Å². The quantitative estimate of drug-likeness (QED) is 0.179. The first-order valence-corrected chi connectivity index (χ1v) is 16.5. The molecule has 0 radical (unpaired) electrons. The average Bonchev–Trinajstić information content (AvgIpc) is 3.84. The number of Topliss-reactive ketones (excluding diaryl/α,β-unsaturated/α-hetero) is 1. The fourth-order valence-corrected chi connectivity index (χ4v) is 6.48. The second-order valence-corrected chi connectivity index (χ2v) is 14.7. The Balaban J connectivity index is 1.41. The molecule has 45 heavy (non-hydrogen) atoms. The zero-order valence-electron chi connectivity index (χ0n) is 27.6. The largest absolute Gasteiger partial charge is 0.516 e. The van der Waals surface area contributed by atoms with Gasteiger partial charge in [-0.2, -0.15) is 4.79 Å². The number of halogens is 1. The van der Waals surface area contributed by atoms with Crippen molar-refractivity contribution in [3.8, 4) is 22.6 Å². The summed E-state index contributed by atoms with van der Waals surface area (Å²) in [4.78, 5) is 31.4. The number of aromatic hydroxyl groups is 1. The van der Waals surface area contributed by atoms with Gasteiger partial charge < -0.3 is 19.9 Å². The van der Waals surface area contributed by atoms with Crippen molar-refractivity contribution >= 4 is 40.1 Å². The Hall–Kier alpha value is -3.36. The summed E-state index contributed by atoms with van der Waals surface area (Å²) in [7, 11) is 3.49. The van der Waals surface area contributed by atoms with Crippen LogP contribution in [0.15, 0.2) is 36.5 Å². The molecule has 0 spiro atoms. The van der Waals surface area contributed by atoms with Crippen molar-refractivity contribution in [1.82, 2.24) is 4.98 Å². The number of ketones is 1. The van der Waals surface area contributed by atoms with E-state index in [-0.39, 0.29) is 45.1 Å². The maximum atomic E-state index is 13.5. The molecule has 2 N–H and O–H groups in total. The van der Waals surface area contributed by atoms with Crippen LogP contribution >= 0.6 is 11.6 Å². The Morgan fingerprint density at radius 2 is 1.76 bits per heavy atom. The number of carbonyl (C=O) groups is 2. The number of hydrogen-bond donors (Lipinski definition) is 2. The Labute approximate surface area is 271 Å². The maximum absolute atomic E-state index is 13.5. The van der Waals surface area contributed by atoms with E-state index in [1.54, 1.807) is 18.3 Å². The number of phenolic OH excluding ortho intramolecular Hbond substituents is 1. The molecule has 2 aromatic carbocycles. The summed E-state index contributed by atoms with van der Waals surface area (Å²) in [5, 5.41) is 15.1. The minimum Gasteiger partial charge on any atom is -0.503 e. The van der Waals surface area contributed by atoms with E-state index in [2.05, 4.69) is 24.1 Å². The summed E-state index contributed by atoms with van der Waals surface area (Å²) in [6.07, 6.45) is 7.21. The lowest BCUT2D eigenvalue weighted by molar-refractivity contribution is -0.864. The number of nitrogens with one attached hydrogen (secondary N) is 1. The predicted octanol–water partition coefficient (Wildman–Crippen LogP) is 8.62. The number of quaternary nitrogens is 1. The van der Waals surface area contributed by atoms with Crippen molar-refractivity contribution in [1.29, 1.82) is 0 Å². The van der Waals surface area contributed by atoms with E-state index in [0.717, 1.165) is 72.8 Å². The van der Waals surface area contributed by atoms with Gasteiger partial charge in [0.2, 0.25) is 0 Å². The van der Waals surface area contributed by atoms with Gasteiger partial charge in [0.05, 0.1) is 48.5 Å². The summed E-state index contributed by atoms with van der Waals surface area (Å²) < 4.78 is 11.4. The molecule has 2 saturated carbocycles. The number of rotatable bonds is 9. The van der Waals surface area contributed by atoms with Gasteiger partial charge in [0.1, 0.15) is 5.60 Å². The number of carbonyl (C=O) groups excluding carboxylic acids is 2. The van der Waals surface area contributed by atoms with Crippen LogP contribution in [0.1, 0.15) is 83.5 Å². The zero-order valence-corrected chi connectivity index (χ0v) is 28.3. The van der Waals surface area contributed by atoms with Gasteiger partial charge in [-0.15, -0.1) is 0 Å². The van der Waals surface area contributed by atoms with Gasteiger partial charge >= 0.3 is 6.09 Å². The number of ether oxygens (including phenoxy) is 2. The lowest BCUT2D eigenvalue weighted by Crippen LogP contribution is -2.58. The van der Waals surface area contributed by atoms with Crippen molar-refractivity contribution in [2.24, 2.45) is 11.8 Å². The van der Waals surface area contributed by atoms with Crippen LogP contribution in [0.25, 0.3) is 22.0 Å². The smallest absolute Gasteiger partial charge is 0.503 e. The van der Waals surface area contributed by atoms with Crippen LogP contribution in [0, 0.1) is 11.8 Å². The maximum Gasteiger partial charge on any atom is 0.516 e. The molecule has 8 nitrogen and oxygen atoms in total. The molecule has 1 atom stereocenters. The highest BCUT2D eigenvalue weighted by atomic mass is 35.5. The number of hydrogen-bond acceptors (Lipinski definition) is 7. The molecule has 0 saturated heterocycles. The van der Waals surface area contributed by atoms with E-state index >= 15 is 0 Å². The predicted molar refractivity (Wildman–Crippen MR) is 179 cm³/mol. The third kappa shape index (κ3) is 7.23. The van der Waals surface area contributed by atoms with Crippen molar-refractivity contribution in [2.45, 2.75) is 90.8 Å². The normalized spacial score (nSPS) is 20.1. The van der Waals surface area contributed by atoms with E-state index in [9.17, 15) is 14.7 Å². The fraction of sp³-hybridized carbons (Fsp3) is 0.528. The SMILES string of the molecule is COc1cc(-c2ccc3ncc(C(=O)C4CC4)c(NC4CCC(C[N+](C)(C(=O)OC(C)(C)C)C(C)C)CC4)c3c2)cc(Cl)c1O. The van der Waals surface area contributed by atoms with Gasteiger partial charge in [-0.1, -0.05) is 17.7 Å². The number of amides is 1. The Morgan fingerprint density at radius 3 is 2.36 bits per heavy atom. The monoisotopic (exact) mass is 636 g/mol. The minimum absolute atomic E-state index is 0.0585. The molecule has 2 aliphatic carbocycles. The topological polar surface area (TPSA) is 97.8 Å². The molecule has 1 heterocycles. The van der Waals surface area contributed by atoms with E-state index in [1.165, 1.54) is 7.11 Å². The molecule has 0 bridgehead atoms. The molecule has 1 unspecified atom stereocenters. The second-order valence-electron chi connectivity index (χ2n) is 14.3. The average molecular weight is 637 g/mol. The van der Waals surface area contributed by atoms with Gasteiger partial charge in [0.25, 0.3) is 0 Å². The second kappa shape index (κ2) is 12.8. The van der Waals surface area contributed by atoms with E-state index < -0.39 is 5.60 Å². The first-order chi connectivity index (χ1) is 21.2. The number of anilines is 1. The number of phenols is 1. The molecule has 1 amide bonds. The zero-order chi connectivity index (χ0) is 32.7. The van der Waals surface area contributed by atoms with Crippen LogP contribution < -0.4 is 10.1 Å². The van der Waals surface area contributed by atoms with Crippen LogP contribution in [0.2, 0.25) is 5.02 Å². The number of pyridine rings is 1. The lowest BCUT2D eigenvalue weighted by Gasteiger charge is -2.40. The highest BCUT2D eigenvalue weighted by Gasteiger charge is 2.42. The summed E-state index contributed by atoms with van der Waals surface area (Å²) in [6, 6.07) is 9.70. The summed E-state index contributed by atoms with van der Waals surface area (Å²) in [5.41, 5.74) is 3.39. The third-order valence-corrected chi connectivity index (χ3v) is 9.73. The molecule has 2 aliphatic rings. The van der Waals surface area contributed by atoms with Crippen molar-refractivity contribution in [2.75, 3.05) is 26.0 Å². The van der Waals surface area contributed by atoms with Crippen LogP contribution in [-0.2, 0) is 4.74 Å². The first-order valence-electron chi connectivity index (χ1n) is 16.1. The Morgan fingerprint density at radius 1 is 1.07 bits per heavy atom. The summed E-state index contributed by atoms with van der Waals surface area (Å²) in [5.74, 6) is 0.790. The number of benzene rings is 2. The van der Waals surface area contributed by atoms with Gasteiger partial charge in [0.15, 0.2) is 17.3 Å². The summed E-state index contributed by atoms with van der Waals surface area (Å²) in [6.45, 7) is 10.7. The van der Waals surface area contributed by atoms with Crippen molar-refractivity contribution in [3.63, 3.8) is 0 Å². The highest BCUT2D eigenvalue weighted by Crippen LogP contribution is 2.42. The molecule has 0 aliphatic heterocycles. The number of nitrogens with zero attached hydrogens (tertiary/aromatic N) is 2. The third-order valence-electron chi connectivity index (χ3n) is 9.45.